The van der Waals surface area contributed by atoms with E-state index < -0.39 is 0 Å². The second-order valence-corrected chi connectivity index (χ2v) is 8.60. The molecule has 1 aromatic heterocycles. The van der Waals surface area contributed by atoms with E-state index in [4.69, 9.17) is 11.6 Å². The molecule has 0 bridgehead atoms. The molecule has 0 aliphatic heterocycles. The first kappa shape index (κ1) is 19.7. The van der Waals surface area contributed by atoms with Crippen LogP contribution in [0, 0.1) is 5.92 Å². The van der Waals surface area contributed by atoms with Crippen molar-refractivity contribution in [2.45, 2.75) is 39.5 Å². The average Bonchev–Trinajstić information content (AvgIpc) is 3.42. The number of benzene rings is 1. The third-order valence-corrected chi connectivity index (χ3v) is 6.90. The fourth-order valence-corrected chi connectivity index (χ4v) is 4.84. The fraction of sp³-hybridized carbons (Fsp3) is 0.571. The van der Waals surface area contributed by atoms with Crippen LogP contribution in [0.4, 0.5) is 0 Å². The van der Waals surface area contributed by atoms with Crippen LogP contribution in [-0.4, -0.2) is 48.4 Å². The highest BCUT2D eigenvalue weighted by Crippen LogP contribution is 2.37. The first-order valence-electron chi connectivity index (χ1n) is 9.82. The smallest absolute Gasteiger partial charge is 0.265 e. The Balaban J connectivity index is 1.66. The summed E-state index contributed by atoms with van der Waals surface area (Å²) in [6.07, 6.45) is 4.69. The maximum atomic E-state index is 13.2. The monoisotopic (exact) mass is 392 g/mol. The van der Waals surface area contributed by atoms with Gasteiger partial charge in [-0.25, -0.2) is 0 Å². The standard InChI is InChI=1S/C21H29ClN2OS/c1-3-23(4-2)13-7-8-14-24(15-16-11-12-16)21(25)20-19(22)17-9-5-6-10-18(17)26-20/h5-6,9-10,16H,3-4,7-8,11-15H2,1-2H3. The molecule has 5 heteroatoms. The zero-order chi connectivity index (χ0) is 18.5. The first-order chi connectivity index (χ1) is 12.6. The van der Waals surface area contributed by atoms with Gasteiger partial charge in [-0.2, -0.15) is 0 Å². The van der Waals surface area contributed by atoms with Gasteiger partial charge in [0.2, 0.25) is 0 Å². The fourth-order valence-electron chi connectivity index (χ4n) is 3.36. The van der Waals surface area contributed by atoms with Crippen LogP contribution in [0.3, 0.4) is 0 Å². The van der Waals surface area contributed by atoms with E-state index in [9.17, 15) is 4.79 Å². The summed E-state index contributed by atoms with van der Waals surface area (Å²) in [4.78, 5) is 18.4. The predicted octanol–water partition coefficient (Wildman–Crippen LogP) is 5.53. The van der Waals surface area contributed by atoms with Gasteiger partial charge >= 0.3 is 0 Å². The van der Waals surface area contributed by atoms with Crippen LogP contribution >= 0.6 is 22.9 Å². The molecule has 1 heterocycles. The molecule has 3 nitrogen and oxygen atoms in total. The average molecular weight is 393 g/mol. The van der Waals surface area contributed by atoms with E-state index in [0.717, 1.165) is 55.7 Å². The van der Waals surface area contributed by atoms with Gasteiger partial charge in [0.25, 0.3) is 5.91 Å². The largest absolute Gasteiger partial charge is 0.338 e. The number of carbonyl (C=O) groups is 1. The molecule has 1 amide bonds. The van der Waals surface area contributed by atoms with Crippen molar-refractivity contribution in [1.82, 2.24) is 9.80 Å². The SMILES string of the molecule is CCN(CC)CCCCN(CC1CC1)C(=O)c1sc2ccccc2c1Cl. The third-order valence-electron chi connectivity index (χ3n) is 5.24. The molecule has 3 rings (SSSR count). The van der Waals surface area contributed by atoms with E-state index in [1.165, 1.54) is 24.2 Å². The lowest BCUT2D eigenvalue weighted by Crippen LogP contribution is -2.34. The number of carbonyl (C=O) groups excluding carboxylic acids is 1. The van der Waals surface area contributed by atoms with Crippen LogP contribution in [0.2, 0.25) is 5.02 Å². The molecule has 26 heavy (non-hydrogen) atoms. The molecule has 0 saturated heterocycles. The lowest BCUT2D eigenvalue weighted by Gasteiger charge is -2.23. The summed E-state index contributed by atoms with van der Waals surface area (Å²) >= 11 is 8.07. The van der Waals surface area contributed by atoms with E-state index in [2.05, 4.69) is 23.6 Å². The summed E-state index contributed by atoms with van der Waals surface area (Å²) in [7, 11) is 0. The summed E-state index contributed by atoms with van der Waals surface area (Å²) in [5.41, 5.74) is 0. The van der Waals surface area contributed by atoms with Crippen molar-refractivity contribution < 1.29 is 4.79 Å². The number of nitrogens with zero attached hydrogens (tertiary/aromatic N) is 2. The van der Waals surface area contributed by atoms with Gasteiger partial charge in [0.1, 0.15) is 4.88 Å². The minimum absolute atomic E-state index is 0.117. The molecule has 2 aromatic rings. The molecule has 0 atom stereocenters. The van der Waals surface area contributed by atoms with Crippen LogP contribution in [-0.2, 0) is 0 Å². The number of unbranched alkanes of at least 4 members (excludes halogenated alkanes) is 1. The lowest BCUT2D eigenvalue weighted by molar-refractivity contribution is 0.0748. The highest BCUT2D eigenvalue weighted by Gasteiger charge is 2.29. The second kappa shape index (κ2) is 9.20. The summed E-state index contributed by atoms with van der Waals surface area (Å²) in [5.74, 6) is 0.806. The van der Waals surface area contributed by atoms with Crippen molar-refractivity contribution in [2.75, 3.05) is 32.7 Å². The molecule has 1 aliphatic carbocycles. The van der Waals surface area contributed by atoms with E-state index in [0.29, 0.717) is 15.8 Å². The van der Waals surface area contributed by atoms with Crippen molar-refractivity contribution in [3.63, 3.8) is 0 Å². The van der Waals surface area contributed by atoms with Crippen molar-refractivity contribution in [3.05, 3.63) is 34.2 Å². The minimum atomic E-state index is 0.117. The van der Waals surface area contributed by atoms with Gasteiger partial charge in [-0.3, -0.25) is 4.79 Å². The quantitative estimate of drug-likeness (QED) is 0.496. The number of hydrogen-bond acceptors (Lipinski definition) is 3. The Morgan fingerprint density at radius 1 is 1.15 bits per heavy atom. The minimum Gasteiger partial charge on any atom is -0.338 e. The second-order valence-electron chi connectivity index (χ2n) is 7.17. The molecule has 1 aromatic carbocycles. The zero-order valence-corrected chi connectivity index (χ0v) is 17.4. The molecular formula is C21H29ClN2OS. The molecule has 142 valence electrons. The Hall–Kier alpha value is -1.10. The van der Waals surface area contributed by atoms with E-state index in [1.54, 1.807) is 0 Å². The Morgan fingerprint density at radius 3 is 2.50 bits per heavy atom. The van der Waals surface area contributed by atoms with Crippen LogP contribution in [0.5, 0.6) is 0 Å². The van der Waals surface area contributed by atoms with Crippen molar-refractivity contribution >= 4 is 38.9 Å². The topological polar surface area (TPSA) is 23.6 Å². The number of amides is 1. The van der Waals surface area contributed by atoms with Gasteiger partial charge in [-0.05, 0) is 57.3 Å². The van der Waals surface area contributed by atoms with E-state index >= 15 is 0 Å². The number of thiophene rings is 1. The Bertz CT molecular complexity index is 737. The lowest BCUT2D eigenvalue weighted by atomic mass is 10.2. The van der Waals surface area contributed by atoms with Crippen molar-refractivity contribution in [2.24, 2.45) is 5.92 Å². The molecule has 1 aliphatic rings. The van der Waals surface area contributed by atoms with Gasteiger partial charge in [0, 0.05) is 23.2 Å². The summed E-state index contributed by atoms with van der Waals surface area (Å²) in [6.45, 7) is 9.43. The number of rotatable bonds is 10. The Labute approximate surface area is 165 Å². The van der Waals surface area contributed by atoms with Crippen molar-refractivity contribution in [1.29, 1.82) is 0 Å². The van der Waals surface area contributed by atoms with Gasteiger partial charge in [0.05, 0.1) is 5.02 Å². The number of hydrogen-bond donors (Lipinski definition) is 0. The van der Waals surface area contributed by atoms with Gasteiger partial charge in [-0.1, -0.05) is 43.6 Å². The highest BCUT2D eigenvalue weighted by molar-refractivity contribution is 7.21. The van der Waals surface area contributed by atoms with E-state index in [-0.39, 0.29) is 5.91 Å². The van der Waals surface area contributed by atoms with Crippen molar-refractivity contribution in [3.8, 4) is 0 Å². The summed E-state index contributed by atoms with van der Waals surface area (Å²) < 4.78 is 1.09. The van der Waals surface area contributed by atoms with Gasteiger partial charge < -0.3 is 9.80 Å². The predicted molar refractivity (Wildman–Crippen MR) is 112 cm³/mol. The van der Waals surface area contributed by atoms with Crippen LogP contribution in [0.15, 0.2) is 24.3 Å². The zero-order valence-electron chi connectivity index (χ0n) is 15.8. The molecule has 0 unspecified atom stereocenters. The highest BCUT2D eigenvalue weighted by atomic mass is 35.5. The number of fused-ring (bicyclic) bond motifs is 1. The molecular weight excluding hydrogens is 364 g/mol. The van der Waals surface area contributed by atoms with Crippen LogP contribution < -0.4 is 0 Å². The molecule has 0 radical (unpaired) electrons. The summed E-state index contributed by atoms with van der Waals surface area (Å²) in [5, 5.41) is 1.62. The normalized spacial score (nSPS) is 14.3. The molecule has 1 fully saturated rings. The van der Waals surface area contributed by atoms with E-state index in [1.807, 2.05) is 24.3 Å². The molecule has 0 N–H and O–H groups in total. The molecule has 0 spiro atoms. The Kier molecular flexibility index (Phi) is 6.96. The summed E-state index contributed by atoms with van der Waals surface area (Å²) in [6, 6.07) is 8.02. The van der Waals surface area contributed by atoms with Gasteiger partial charge in [0.15, 0.2) is 0 Å². The van der Waals surface area contributed by atoms with Crippen LogP contribution in [0.25, 0.3) is 10.1 Å². The Morgan fingerprint density at radius 2 is 1.85 bits per heavy atom. The first-order valence-corrected chi connectivity index (χ1v) is 11.0. The number of halogens is 1. The van der Waals surface area contributed by atoms with Gasteiger partial charge in [-0.15, -0.1) is 11.3 Å². The maximum absolute atomic E-state index is 13.2. The van der Waals surface area contributed by atoms with Crippen LogP contribution in [0.1, 0.15) is 49.2 Å². The maximum Gasteiger partial charge on any atom is 0.265 e. The molecule has 1 saturated carbocycles. The third kappa shape index (κ3) is 4.79.